The van der Waals surface area contributed by atoms with Crippen molar-refractivity contribution in [3.63, 3.8) is 0 Å². The molecule has 115 valence electrons. The highest BCUT2D eigenvalue weighted by atomic mass is 32.3. The fourth-order valence-electron chi connectivity index (χ4n) is 3.09. The lowest BCUT2D eigenvalue weighted by Gasteiger charge is -2.26. The summed E-state index contributed by atoms with van der Waals surface area (Å²) < 4.78 is 0. The zero-order valence-corrected chi connectivity index (χ0v) is 15.0. The molecule has 0 unspecified atom stereocenters. The second kappa shape index (κ2) is 7.67. The van der Waals surface area contributed by atoms with Crippen LogP contribution >= 0.6 is 12.1 Å². The predicted octanol–water partition coefficient (Wildman–Crippen LogP) is 5.48. The monoisotopic (exact) mass is 333 g/mol. The molecule has 3 aromatic rings. The van der Waals surface area contributed by atoms with Crippen LogP contribution in [0.15, 0.2) is 91.0 Å². The minimum atomic E-state index is -1.89. The van der Waals surface area contributed by atoms with Crippen molar-refractivity contribution in [1.29, 1.82) is 0 Å². The zero-order valence-electron chi connectivity index (χ0n) is 13.2. The third-order valence-electron chi connectivity index (χ3n) is 4.11. The molecule has 0 aromatic heterocycles. The Balaban J connectivity index is 1.85. The van der Waals surface area contributed by atoms with E-state index in [2.05, 4.69) is 91.0 Å². The molecule has 0 aliphatic heterocycles. The Bertz CT molecular complexity index is 609. The van der Waals surface area contributed by atoms with Crippen molar-refractivity contribution in [1.82, 2.24) is 0 Å². The maximum absolute atomic E-state index is 6.29. The number of rotatable bonds is 6. The highest BCUT2D eigenvalue weighted by molar-refractivity contribution is 8.14. The fraction of sp³-hybridized carbons (Fsp3) is 0.143. The van der Waals surface area contributed by atoms with Gasteiger partial charge in [0.1, 0.15) is 7.22 Å². The van der Waals surface area contributed by atoms with Gasteiger partial charge in [0.05, 0.1) is 0 Å². The molecule has 0 N–H and O–H groups in total. The van der Waals surface area contributed by atoms with Gasteiger partial charge in [0.15, 0.2) is 0 Å². The summed E-state index contributed by atoms with van der Waals surface area (Å²) in [6.07, 6.45) is 0. The minimum absolute atomic E-state index is 1.05. The van der Waals surface area contributed by atoms with Crippen molar-refractivity contribution in [3.8, 4) is 0 Å². The molecule has 0 amide bonds. The molecule has 1 radical (unpaired) electrons. The molecule has 0 aliphatic carbocycles. The van der Waals surface area contributed by atoms with E-state index in [1.165, 1.54) is 16.7 Å². The highest BCUT2D eigenvalue weighted by Gasteiger charge is 2.31. The van der Waals surface area contributed by atoms with E-state index in [1.807, 2.05) is 0 Å². The quantitative estimate of drug-likeness (QED) is 0.524. The first kappa shape index (κ1) is 16.1. The van der Waals surface area contributed by atoms with E-state index in [9.17, 15) is 0 Å². The van der Waals surface area contributed by atoms with E-state index in [4.69, 9.17) is 12.1 Å². The summed E-state index contributed by atoms with van der Waals surface area (Å²) in [4.78, 5) is 0. The van der Waals surface area contributed by atoms with Gasteiger partial charge < -0.3 is 0 Å². The van der Waals surface area contributed by atoms with E-state index in [-0.39, 0.29) is 0 Å². The van der Waals surface area contributed by atoms with Crippen LogP contribution in [0.2, 0.25) is 0 Å². The maximum Gasteiger partial charge on any atom is 0.143 e. The number of benzene rings is 3. The molecule has 0 saturated carbocycles. The van der Waals surface area contributed by atoms with E-state index >= 15 is 0 Å². The molecule has 3 aromatic carbocycles. The van der Waals surface area contributed by atoms with Crippen molar-refractivity contribution >= 4 is 19.3 Å². The first-order chi connectivity index (χ1) is 11.2. The normalized spacial score (nSPS) is 11.3. The van der Waals surface area contributed by atoms with Crippen LogP contribution in [0, 0.1) is 0 Å². The third-order valence-corrected chi connectivity index (χ3v) is 8.56. The Morgan fingerprint density at radius 2 is 0.739 bits per heavy atom. The Kier molecular flexibility index (Phi) is 5.37. The molecule has 0 spiro atoms. The van der Waals surface area contributed by atoms with Crippen LogP contribution in [-0.2, 0) is 18.1 Å². The Labute approximate surface area is 145 Å². The van der Waals surface area contributed by atoms with Crippen LogP contribution in [0.1, 0.15) is 16.7 Å². The Morgan fingerprint density at radius 1 is 0.478 bits per heavy atom. The molecular weight excluding hydrogens is 312 g/mol. The zero-order chi connectivity index (χ0) is 16.0. The number of hydrogen-bond donors (Lipinski definition) is 0. The molecular formula is C21H21SSi. The van der Waals surface area contributed by atoms with Gasteiger partial charge in [-0.15, -0.1) is 12.1 Å². The summed E-state index contributed by atoms with van der Waals surface area (Å²) in [6.45, 7) is 0. The van der Waals surface area contributed by atoms with Gasteiger partial charge in [0.25, 0.3) is 0 Å². The second-order valence-corrected chi connectivity index (χ2v) is 12.2. The van der Waals surface area contributed by atoms with Crippen LogP contribution in [0.3, 0.4) is 0 Å². The average Bonchev–Trinajstić information content (AvgIpc) is 2.57. The SMILES string of the molecule is [S][Si](Cc1ccccc1)(Cc1ccccc1)Cc1ccccc1. The largest absolute Gasteiger partial charge is 0.143 e. The average molecular weight is 334 g/mol. The lowest BCUT2D eigenvalue weighted by molar-refractivity contribution is 1.18. The smallest absolute Gasteiger partial charge is 0.126 e. The lowest BCUT2D eigenvalue weighted by atomic mass is 10.2. The van der Waals surface area contributed by atoms with Crippen molar-refractivity contribution in [3.05, 3.63) is 108 Å². The van der Waals surface area contributed by atoms with Gasteiger partial charge in [0.2, 0.25) is 0 Å². The second-order valence-electron chi connectivity index (χ2n) is 6.17. The van der Waals surface area contributed by atoms with Gasteiger partial charge >= 0.3 is 0 Å². The summed E-state index contributed by atoms with van der Waals surface area (Å²) >= 11 is 6.29. The highest BCUT2D eigenvalue weighted by Crippen LogP contribution is 2.25. The molecule has 0 atom stereocenters. The summed E-state index contributed by atoms with van der Waals surface area (Å²) in [6, 6.07) is 35.3. The topological polar surface area (TPSA) is 0 Å². The standard InChI is InChI=1S/C21H21SSi/c22-23(16-19-10-4-1-5-11-19,17-20-12-6-2-7-13-20)18-21-14-8-3-9-15-21/h1-15H,16-18H2. The van der Waals surface area contributed by atoms with E-state index in [1.54, 1.807) is 0 Å². The molecule has 0 heterocycles. The van der Waals surface area contributed by atoms with Crippen molar-refractivity contribution in [2.24, 2.45) is 0 Å². The van der Waals surface area contributed by atoms with Gasteiger partial charge in [-0.3, -0.25) is 0 Å². The van der Waals surface area contributed by atoms with Gasteiger partial charge in [-0.05, 0) is 34.8 Å². The molecule has 2 heteroatoms. The first-order valence-electron chi connectivity index (χ1n) is 8.06. The van der Waals surface area contributed by atoms with Gasteiger partial charge in [0, 0.05) is 0 Å². The van der Waals surface area contributed by atoms with Crippen LogP contribution < -0.4 is 0 Å². The minimum Gasteiger partial charge on any atom is -0.126 e. The summed E-state index contributed by atoms with van der Waals surface area (Å²) in [7, 11) is -1.89. The summed E-state index contributed by atoms with van der Waals surface area (Å²) in [5, 5.41) is 0. The van der Waals surface area contributed by atoms with Gasteiger partial charge in [-0.2, -0.15) is 0 Å². The number of hydrogen-bond acceptors (Lipinski definition) is 0. The predicted molar refractivity (Wildman–Crippen MR) is 104 cm³/mol. The molecule has 3 rings (SSSR count). The first-order valence-corrected chi connectivity index (χ1v) is 11.8. The summed E-state index contributed by atoms with van der Waals surface area (Å²) in [5.41, 5.74) is 4.13. The molecule has 0 saturated heterocycles. The van der Waals surface area contributed by atoms with Crippen molar-refractivity contribution in [2.75, 3.05) is 0 Å². The van der Waals surface area contributed by atoms with Crippen molar-refractivity contribution in [2.45, 2.75) is 18.1 Å². The van der Waals surface area contributed by atoms with Gasteiger partial charge in [-0.1, -0.05) is 91.0 Å². The Morgan fingerprint density at radius 3 is 1.00 bits per heavy atom. The molecule has 0 bridgehead atoms. The Hall–Kier alpha value is -1.77. The molecule has 0 nitrogen and oxygen atoms in total. The van der Waals surface area contributed by atoms with E-state index < -0.39 is 7.22 Å². The molecule has 0 aliphatic rings. The van der Waals surface area contributed by atoms with Crippen LogP contribution in [-0.4, -0.2) is 7.22 Å². The van der Waals surface area contributed by atoms with Crippen LogP contribution in [0.25, 0.3) is 0 Å². The fourth-order valence-corrected chi connectivity index (χ4v) is 7.91. The van der Waals surface area contributed by atoms with E-state index in [0.717, 1.165) is 18.1 Å². The van der Waals surface area contributed by atoms with Crippen LogP contribution in [0.5, 0.6) is 0 Å². The maximum atomic E-state index is 6.29. The summed E-state index contributed by atoms with van der Waals surface area (Å²) in [5.74, 6) is 0. The molecule has 23 heavy (non-hydrogen) atoms. The van der Waals surface area contributed by atoms with Crippen molar-refractivity contribution < 1.29 is 0 Å². The lowest BCUT2D eigenvalue weighted by Crippen LogP contribution is -2.38. The van der Waals surface area contributed by atoms with Crippen LogP contribution in [0.4, 0.5) is 0 Å². The van der Waals surface area contributed by atoms with Gasteiger partial charge in [-0.25, -0.2) is 0 Å². The van der Waals surface area contributed by atoms with E-state index in [0.29, 0.717) is 0 Å². The third kappa shape index (κ3) is 4.85. The molecule has 0 fully saturated rings.